The first kappa shape index (κ1) is 19.6. The van der Waals surface area contributed by atoms with Gasteiger partial charge in [0.15, 0.2) is 17.3 Å². The van der Waals surface area contributed by atoms with E-state index in [4.69, 9.17) is 9.47 Å². The van der Waals surface area contributed by atoms with E-state index in [0.29, 0.717) is 41.6 Å². The number of benzene rings is 1. The molecule has 0 fully saturated rings. The van der Waals surface area contributed by atoms with Crippen LogP contribution in [0.2, 0.25) is 0 Å². The Kier molecular flexibility index (Phi) is 5.40. The fourth-order valence-electron chi connectivity index (χ4n) is 3.34. The van der Waals surface area contributed by atoms with E-state index >= 15 is 0 Å². The number of rotatable bonds is 6. The van der Waals surface area contributed by atoms with Crippen molar-refractivity contribution < 1.29 is 14.3 Å². The van der Waals surface area contributed by atoms with Crippen LogP contribution in [-0.2, 0) is 11.2 Å². The van der Waals surface area contributed by atoms with E-state index in [9.17, 15) is 4.79 Å². The van der Waals surface area contributed by atoms with Gasteiger partial charge in [0, 0.05) is 36.6 Å². The van der Waals surface area contributed by atoms with Crippen LogP contribution >= 0.6 is 0 Å². The minimum absolute atomic E-state index is 0.148. The van der Waals surface area contributed by atoms with Gasteiger partial charge in [-0.15, -0.1) is 0 Å². The molecule has 3 aromatic heterocycles. The first-order valence-corrected chi connectivity index (χ1v) is 10.1. The molecule has 1 aliphatic rings. The number of anilines is 1. The highest BCUT2D eigenvalue weighted by Gasteiger charge is 2.15. The average molecular weight is 425 g/mol. The Morgan fingerprint density at radius 3 is 2.72 bits per heavy atom. The van der Waals surface area contributed by atoms with Crippen molar-refractivity contribution in [1.29, 1.82) is 0 Å². The average Bonchev–Trinajstić information content (AvgIpc) is 3.32. The largest absolute Gasteiger partial charge is 0.454 e. The lowest BCUT2D eigenvalue weighted by molar-refractivity contribution is -0.116. The summed E-state index contributed by atoms with van der Waals surface area (Å²) in [6.07, 6.45) is 5.96. The van der Waals surface area contributed by atoms with Gasteiger partial charge in [0.2, 0.25) is 12.7 Å². The van der Waals surface area contributed by atoms with E-state index in [1.165, 1.54) is 0 Å². The first-order chi connectivity index (χ1) is 15.7. The maximum Gasteiger partial charge on any atom is 0.231 e. The molecule has 32 heavy (non-hydrogen) atoms. The SMILES string of the molecule is O=C(CCc1ccc2c(c1)OCO2)Nc1cc(-c2cccnc2)nc(-c2ccccn2)n1. The lowest BCUT2D eigenvalue weighted by Gasteiger charge is -2.10. The van der Waals surface area contributed by atoms with Crippen molar-refractivity contribution in [3.8, 4) is 34.3 Å². The van der Waals surface area contributed by atoms with Gasteiger partial charge in [-0.05, 0) is 48.4 Å². The van der Waals surface area contributed by atoms with Crippen LogP contribution in [0.1, 0.15) is 12.0 Å². The summed E-state index contributed by atoms with van der Waals surface area (Å²) in [7, 11) is 0. The monoisotopic (exact) mass is 425 g/mol. The lowest BCUT2D eigenvalue weighted by Crippen LogP contribution is -2.14. The second-order valence-electron chi connectivity index (χ2n) is 7.15. The molecule has 0 radical (unpaired) electrons. The van der Waals surface area contributed by atoms with Gasteiger partial charge in [0.1, 0.15) is 11.5 Å². The van der Waals surface area contributed by atoms with Gasteiger partial charge in [-0.25, -0.2) is 9.97 Å². The third kappa shape index (κ3) is 4.39. The maximum absolute atomic E-state index is 12.7. The molecule has 5 rings (SSSR count). The minimum atomic E-state index is -0.148. The van der Waals surface area contributed by atoms with Crippen LogP contribution in [0.25, 0.3) is 22.8 Å². The number of ether oxygens (including phenoxy) is 2. The molecule has 0 spiro atoms. The second-order valence-corrected chi connectivity index (χ2v) is 7.15. The highest BCUT2D eigenvalue weighted by Crippen LogP contribution is 2.32. The smallest absolute Gasteiger partial charge is 0.231 e. The molecule has 0 saturated carbocycles. The van der Waals surface area contributed by atoms with Crippen LogP contribution in [0.15, 0.2) is 73.2 Å². The summed E-state index contributed by atoms with van der Waals surface area (Å²) in [6, 6.07) is 16.7. The molecule has 0 bridgehead atoms. The number of aromatic nitrogens is 4. The second kappa shape index (κ2) is 8.81. The third-order valence-electron chi connectivity index (χ3n) is 4.92. The summed E-state index contributed by atoms with van der Waals surface area (Å²) < 4.78 is 10.7. The van der Waals surface area contributed by atoms with E-state index in [1.807, 2.05) is 48.5 Å². The number of nitrogens with zero attached hydrogens (tertiary/aromatic N) is 4. The van der Waals surface area contributed by atoms with Crippen LogP contribution < -0.4 is 14.8 Å². The summed E-state index contributed by atoms with van der Waals surface area (Å²) in [5.74, 6) is 2.13. The number of carbonyl (C=O) groups is 1. The standard InChI is InChI=1S/C24H19N5O3/c30-23(9-7-16-6-8-20-21(12-16)32-15-31-20)28-22-13-19(17-4-3-10-25-14-17)27-24(29-22)18-5-1-2-11-26-18/h1-6,8,10-14H,7,9,15H2,(H,27,28,29,30). The van der Waals surface area contributed by atoms with Crippen LogP contribution in [0.3, 0.4) is 0 Å². The number of hydrogen-bond donors (Lipinski definition) is 1. The third-order valence-corrected chi connectivity index (χ3v) is 4.92. The van der Waals surface area contributed by atoms with E-state index in [-0.39, 0.29) is 12.7 Å². The van der Waals surface area contributed by atoms with Crippen molar-refractivity contribution in [1.82, 2.24) is 19.9 Å². The van der Waals surface area contributed by atoms with E-state index in [2.05, 4.69) is 25.3 Å². The predicted molar refractivity (Wildman–Crippen MR) is 118 cm³/mol. The lowest BCUT2D eigenvalue weighted by atomic mass is 10.1. The topological polar surface area (TPSA) is 99.1 Å². The van der Waals surface area contributed by atoms with Crippen molar-refractivity contribution in [3.05, 3.63) is 78.8 Å². The van der Waals surface area contributed by atoms with Crippen molar-refractivity contribution in [2.75, 3.05) is 12.1 Å². The quantitative estimate of drug-likeness (QED) is 0.500. The first-order valence-electron chi connectivity index (χ1n) is 10.1. The Morgan fingerprint density at radius 2 is 1.88 bits per heavy atom. The molecule has 4 aromatic rings. The molecule has 158 valence electrons. The molecule has 1 aromatic carbocycles. The minimum Gasteiger partial charge on any atom is -0.454 e. The molecule has 1 N–H and O–H groups in total. The van der Waals surface area contributed by atoms with E-state index in [0.717, 1.165) is 16.9 Å². The molecular weight excluding hydrogens is 406 g/mol. The normalized spacial score (nSPS) is 11.9. The number of amides is 1. The number of nitrogens with one attached hydrogen (secondary N) is 1. The van der Waals surface area contributed by atoms with Gasteiger partial charge in [0.25, 0.3) is 0 Å². The molecule has 0 aliphatic carbocycles. The molecule has 4 heterocycles. The highest BCUT2D eigenvalue weighted by molar-refractivity contribution is 5.90. The highest BCUT2D eigenvalue weighted by atomic mass is 16.7. The van der Waals surface area contributed by atoms with E-state index < -0.39 is 0 Å². The maximum atomic E-state index is 12.7. The molecule has 1 amide bonds. The van der Waals surface area contributed by atoms with Gasteiger partial charge >= 0.3 is 0 Å². The summed E-state index contributed by atoms with van der Waals surface area (Å²) >= 11 is 0. The molecule has 1 aliphatic heterocycles. The summed E-state index contributed by atoms with van der Waals surface area (Å²) in [4.78, 5) is 30.3. The number of pyridine rings is 2. The molecule has 8 nitrogen and oxygen atoms in total. The van der Waals surface area contributed by atoms with Gasteiger partial charge in [-0.2, -0.15) is 0 Å². The van der Waals surface area contributed by atoms with Crippen molar-refractivity contribution in [2.24, 2.45) is 0 Å². The van der Waals surface area contributed by atoms with Crippen LogP contribution in [-0.4, -0.2) is 32.6 Å². The Morgan fingerprint density at radius 1 is 0.938 bits per heavy atom. The van der Waals surface area contributed by atoms with Crippen LogP contribution in [0.5, 0.6) is 11.5 Å². The Labute approximate surface area is 184 Å². The van der Waals surface area contributed by atoms with E-state index in [1.54, 1.807) is 24.7 Å². The number of hydrogen-bond acceptors (Lipinski definition) is 7. The van der Waals surface area contributed by atoms with Crippen molar-refractivity contribution in [3.63, 3.8) is 0 Å². The summed E-state index contributed by atoms with van der Waals surface area (Å²) in [6.45, 7) is 0.227. The molecule has 0 atom stereocenters. The zero-order valence-corrected chi connectivity index (χ0v) is 17.1. The summed E-state index contributed by atoms with van der Waals surface area (Å²) in [5.41, 5.74) is 3.09. The fraction of sp³-hybridized carbons (Fsp3) is 0.125. The molecule has 0 saturated heterocycles. The molecule has 0 unspecified atom stereocenters. The molecular formula is C24H19N5O3. The van der Waals surface area contributed by atoms with Crippen molar-refractivity contribution in [2.45, 2.75) is 12.8 Å². The van der Waals surface area contributed by atoms with Crippen LogP contribution in [0, 0.1) is 0 Å². The number of aryl methyl sites for hydroxylation is 1. The Balaban J connectivity index is 1.35. The Bertz CT molecular complexity index is 1190. The predicted octanol–water partition coefficient (Wildman–Crippen LogP) is 3.90. The molecule has 8 heteroatoms. The zero-order valence-electron chi connectivity index (χ0n) is 17.1. The zero-order chi connectivity index (χ0) is 21.8. The van der Waals surface area contributed by atoms with Gasteiger partial charge in [-0.3, -0.25) is 14.8 Å². The van der Waals surface area contributed by atoms with Crippen molar-refractivity contribution >= 4 is 11.7 Å². The number of fused-ring (bicyclic) bond motifs is 1. The van der Waals surface area contributed by atoms with Gasteiger partial charge < -0.3 is 14.8 Å². The van der Waals surface area contributed by atoms with Crippen LogP contribution in [0.4, 0.5) is 5.82 Å². The summed E-state index contributed by atoms with van der Waals surface area (Å²) in [5, 5.41) is 2.89. The van der Waals surface area contributed by atoms with Gasteiger partial charge in [-0.1, -0.05) is 12.1 Å². The fourth-order valence-corrected chi connectivity index (χ4v) is 3.34. The number of carbonyl (C=O) groups excluding carboxylic acids is 1. The Hall–Kier alpha value is -4.33. The van der Waals surface area contributed by atoms with Gasteiger partial charge in [0.05, 0.1) is 5.69 Å².